The van der Waals surface area contributed by atoms with Crippen molar-refractivity contribution < 1.29 is 9.53 Å². The number of ether oxygens (including phenoxy) is 1. The number of nitrogens with zero attached hydrogens (tertiary/aromatic N) is 4. The van der Waals surface area contributed by atoms with E-state index in [1.54, 1.807) is 12.0 Å². The molecule has 0 aromatic carbocycles. The summed E-state index contributed by atoms with van der Waals surface area (Å²) in [5.74, 6) is 1.17. The van der Waals surface area contributed by atoms with Crippen molar-refractivity contribution in [3.63, 3.8) is 0 Å². The summed E-state index contributed by atoms with van der Waals surface area (Å²) in [6.45, 7) is 11.3. The van der Waals surface area contributed by atoms with Gasteiger partial charge in [-0.3, -0.25) is 14.7 Å². The Labute approximate surface area is 158 Å². The van der Waals surface area contributed by atoms with E-state index in [1.165, 1.54) is 0 Å². The standard InChI is InChI=1S/C19H37N5O2/c1-18(2)15(14-19(18,3)26-7)21-17(20-4)24-12-10-23(11-13-24)9-8-16(25)22(5)6/h15H,8-14H2,1-7H3,(H,20,21). The van der Waals surface area contributed by atoms with Gasteiger partial charge in [0, 0.05) is 78.9 Å². The number of carbonyl (C=O) groups excluding carboxylic acids is 1. The largest absolute Gasteiger partial charge is 0.378 e. The lowest BCUT2D eigenvalue weighted by Crippen LogP contribution is -2.70. The van der Waals surface area contributed by atoms with Gasteiger partial charge in [-0.1, -0.05) is 13.8 Å². The molecule has 2 fully saturated rings. The SMILES string of the molecule is CN=C(NC1CC(C)(OC)C1(C)C)N1CCN(CCC(=O)N(C)C)CC1. The molecule has 7 heteroatoms. The minimum Gasteiger partial charge on any atom is -0.378 e. The van der Waals surface area contributed by atoms with Crippen LogP contribution < -0.4 is 5.32 Å². The zero-order chi connectivity index (χ0) is 19.5. The number of carbonyl (C=O) groups is 1. The molecule has 2 atom stereocenters. The molecule has 1 aliphatic carbocycles. The zero-order valence-corrected chi connectivity index (χ0v) is 17.6. The summed E-state index contributed by atoms with van der Waals surface area (Å²) in [4.78, 5) is 22.6. The van der Waals surface area contributed by atoms with Gasteiger partial charge in [-0.25, -0.2) is 0 Å². The molecular formula is C19H37N5O2. The lowest BCUT2D eigenvalue weighted by molar-refractivity contribution is -0.177. The maximum atomic E-state index is 11.8. The molecule has 7 nitrogen and oxygen atoms in total. The van der Waals surface area contributed by atoms with Crippen LogP contribution in [0.4, 0.5) is 0 Å². The maximum absolute atomic E-state index is 11.8. The van der Waals surface area contributed by atoms with E-state index in [2.05, 4.69) is 40.9 Å². The average Bonchev–Trinajstić information content (AvgIpc) is 2.63. The Balaban J connectivity index is 1.82. The first-order valence-corrected chi connectivity index (χ1v) is 9.60. The van der Waals surface area contributed by atoms with Crippen molar-refractivity contribution in [1.82, 2.24) is 20.0 Å². The molecule has 0 spiro atoms. The van der Waals surface area contributed by atoms with Gasteiger partial charge >= 0.3 is 0 Å². The summed E-state index contributed by atoms with van der Waals surface area (Å²) >= 11 is 0. The van der Waals surface area contributed by atoms with Gasteiger partial charge in [-0.15, -0.1) is 0 Å². The number of hydrogen-bond donors (Lipinski definition) is 1. The summed E-state index contributed by atoms with van der Waals surface area (Å²) in [6.07, 6.45) is 1.58. The maximum Gasteiger partial charge on any atom is 0.223 e. The fourth-order valence-corrected chi connectivity index (χ4v) is 3.84. The molecule has 0 aromatic heterocycles. The van der Waals surface area contributed by atoms with Crippen LogP contribution in [0.15, 0.2) is 4.99 Å². The van der Waals surface area contributed by atoms with E-state index in [1.807, 2.05) is 21.1 Å². The number of piperazine rings is 1. The van der Waals surface area contributed by atoms with Crippen molar-refractivity contribution in [2.45, 2.75) is 45.3 Å². The molecule has 1 N–H and O–H groups in total. The second-order valence-corrected chi connectivity index (χ2v) is 8.47. The molecule has 1 saturated heterocycles. The van der Waals surface area contributed by atoms with Crippen LogP contribution in [-0.4, -0.2) is 99.2 Å². The third-order valence-electron chi connectivity index (χ3n) is 6.61. The number of methoxy groups -OCH3 is 1. The minimum absolute atomic E-state index is 0.0616. The molecule has 150 valence electrons. The molecule has 1 heterocycles. The van der Waals surface area contributed by atoms with Crippen LogP contribution >= 0.6 is 0 Å². The van der Waals surface area contributed by atoms with Crippen LogP contribution in [-0.2, 0) is 9.53 Å². The van der Waals surface area contributed by atoms with Gasteiger partial charge in [-0.2, -0.15) is 0 Å². The zero-order valence-electron chi connectivity index (χ0n) is 17.6. The van der Waals surface area contributed by atoms with Crippen LogP contribution in [0.25, 0.3) is 0 Å². The Morgan fingerprint density at radius 1 is 1.23 bits per heavy atom. The van der Waals surface area contributed by atoms with Crippen molar-refractivity contribution in [2.75, 3.05) is 61.0 Å². The smallest absolute Gasteiger partial charge is 0.223 e. The molecule has 2 rings (SSSR count). The number of amides is 1. The number of hydrogen-bond acceptors (Lipinski definition) is 4. The summed E-state index contributed by atoms with van der Waals surface area (Å²) in [6, 6.07) is 0.363. The molecule has 2 unspecified atom stereocenters. The molecule has 1 aliphatic heterocycles. The molecule has 26 heavy (non-hydrogen) atoms. The highest BCUT2D eigenvalue weighted by Gasteiger charge is 2.58. The lowest BCUT2D eigenvalue weighted by atomic mass is 9.56. The van der Waals surface area contributed by atoms with Gasteiger partial charge in [0.25, 0.3) is 0 Å². The Kier molecular flexibility index (Phi) is 6.55. The van der Waals surface area contributed by atoms with Crippen molar-refractivity contribution >= 4 is 11.9 Å². The number of aliphatic imine (C=N–C) groups is 1. The Bertz CT molecular complexity index is 526. The van der Waals surface area contributed by atoms with Crippen LogP contribution in [0.2, 0.25) is 0 Å². The fourth-order valence-electron chi connectivity index (χ4n) is 3.84. The van der Waals surface area contributed by atoms with Crippen LogP contribution in [0.3, 0.4) is 0 Å². The predicted octanol–water partition coefficient (Wildman–Crippen LogP) is 0.861. The third kappa shape index (κ3) is 4.14. The molecule has 0 radical (unpaired) electrons. The highest BCUT2D eigenvalue weighted by atomic mass is 16.5. The summed E-state index contributed by atoms with van der Waals surface area (Å²) < 4.78 is 5.73. The topological polar surface area (TPSA) is 60.4 Å². The second-order valence-electron chi connectivity index (χ2n) is 8.47. The van der Waals surface area contributed by atoms with Crippen molar-refractivity contribution in [3.05, 3.63) is 0 Å². The van der Waals surface area contributed by atoms with Crippen molar-refractivity contribution in [2.24, 2.45) is 10.4 Å². The Hall–Kier alpha value is -1.34. The predicted molar refractivity (Wildman–Crippen MR) is 105 cm³/mol. The number of rotatable bonds is 5. The highest BCUT2D eigenvalue weighted by Crippen LogP contribution is 2.51. The van der Waals surface area contributed by atoms with Crippen molar-refractivity contribution in [3.8, 4) is 0 Å². The first-order chi connectivity index (χ1) is 12.1. The van der Waals surface area contributed by atoms with Gasteiger partial charge < -0.3 is 19.9 Å². The number of nitrogens with one attached hydrogen (secondary N) is 1. The van der Waals surface area contributed by atoms with E-state index < -0.39 is 0 Å². The average molecular weight is 368 g/mol. The Morgan fingerprint density at radius 2 is 1.85 bits per heavy atom. The highest BCUT2D eigenvalue weighted by molar-refractivity contribution is 5.80. The van der Waals surface area contributed by atoms with Gasteiger partial charge in [0.1, 0.15) is 0 Å². The molecule has 0 aromatic rings. The normalized spacial score (nSPS) is 29.3. The van der Waals surface area contributed by atoms with E-state index in [9.17, 15) is 4.79 Å². The van der Waals surface area contributed by atoms with Crippen LogP contribution in [0.5, 0.6) is 0 Å². The third-order valence-corrected chi connectivity index (χ3v) is 6.61. The fraction of sp³-hybridized carbons (Fsp3) is 0.895. The van der Waals surface area contributed by atoms with Gasteiger partial charge in [0.05, 0.1) is 5.60 Å². The molecule has 2 aliphatic rings. The molecule has 1 amide bonds. The van der Waals surface area contributed by atoms with E-state index in [0.717, 1.165) is 45.1 Å². The second kappa shape index (κ2) is 8.13. The molecule has 1 saturated carbocycles. The summed E-state index contributed by atoms with van der Waals surface area (Å²) in [7, 11) is 7.28. The van der Waals surface area contributed by atoms with E-state index >= 15 is 0 Å². The van der Waals surface area contributed by atoms with Gasteiger partial charge in [0.15, 0.2) is 5.96 Å². The van der Waals surface area contributed by atoms with E-state index in [4.69, 9.17) is 4.74 Å². The van der Waals surface area contributed by atoms with Crippen LogP contribution in [0.1, 0.15) is 33.6 Å². The van der Waals surface area contributed by atoms with E-state index in [-0.39, 0.29) is 16.9 Å². The molecular weight excluding hydrogens is 330 g/mol. The van der Waals surface area contributed by atoms with E-state index in [0.29, 0.717) is 12.5 Å². The summed E-state index contributed by atoms with van der Waals surface area (Å²) in [5.41, 5.74) is -0.0206. The Morgan fingerprint density at radius 3 is 2.31 bits per heavy atom. The first-order valence-electron chi connectivity index (χ1n) is 9.60. The number of guanidine groups is 1. The first kappa shape index (κ1) is 21.0. The monoisotopic (exact) mass is 367 g/mol. The quantitative estimate of drug-likeness (QED) is 0.577. The van der Waals surface area contributed by atoms with Crippen LogP contribution in [0, 0.1) is 5.41 Å². The van der Waals surface area contributed by atoms with Gasteiger partial charge in [0.2, 0.25) is 5.91 Å². The summed E-state index contributed by atoms with van der Waals surface area (Å²) in [5, 5.41) is 3.65. The molecule has 0 bridgehead atoms. The van der Waals surface area contributed by atoms with Crippen molar-refractivity contribution in [1.29, 1.82) is 0 Å². The minimum atomic E-state index is -0.0822. The lowest BCUT2D eigenvalue weighted by Gasteiger charge is -2.59. The van der Waals surface area contributed by atoms with Gasteiger partial charge in [-0.05, 0) is 13.3 Å².